The van der Waals surface area contributed by atoms with E-state index >= 15 is 0 Å². The van der Waals surface area contributed by atoms with Crippen LogP contribution in [0.2, 0.25) is 0 Å². The predicted molar refractivity (Wildman–Crippen MR) is 131 cm³/mol. The first-order valence-corrected chi connectivity index (χ1v) is 11.7. The normalized spacial score (nSPS) is 21.4. The number of benzene rings is 1. The summed E-state index contributed by atoms with van der Waals surface area (Å²) < 4.78 is 1.78. The van der Waals surface area contributed by atoms with Gasteiger partial charge in [-0.05, 0) is 69.1 Å². The second-order valence-electron chi connectivity index (χ2n) is 9.86. The van der Waals surface area contributed by atoms with E-state index in [4.69, 9.17) is 4.98 Å². The number of aliphatic hydroxyl groups excluding tert-OH is 1. The van der Waals surface area contributed by atoms with Gasteiger partial charge in [0.05, 0.1) is 6.61 Å². The molecule has 2 aliphatic heterocycles. The van der Waals surface area contributed by atoms with Crippen molar-refractivity contribution >= 4 is 23.3 Å². The van der Waals surface area contributed by atoms with E-state index in [1.165, 1.54) is 24.0 Å². The molecule has 3 aromatic rings. The van der Waals surface area contributed by atoms with Crippen LogP contribution >= 0.6 is 0 Å². The van der Waals surface area contributed by atoms with Crippen LogP contribution in [0.25, 0.3) is 0 Å². The molecule has 1 atom stereocenters. The predicted octanol–water partition coefficient (Wildman–Crippen LogP) is 3.47. The Kier molecular flexibility index (Phi) is 5.58. The van der Waals surface area contributed by atoms with Gasteiger partial charge in [0.25, 0.3) is 0 Å². The summed E-state index contributed by atoms with van der Waals surface area (Å²) in [5.74, 6) is 2.79. The second-order valence-corrected chi connectivity index (χ2v) is 9.86. The van der Waals surface area contributed by atoms with Crippen molar-refractivity contribution in [1.82, 2.24) is 24.6 Å². The van der Waals surface area contributed by atoms with Crippen LogP contribution in [0.3, 0.4) is 0 Å². The molecule has 0 bridgehead atoms. The van der Waals surface area contributed by atoms with E-state index in [1.54, 1.807) is 4.68 Å². The molecule has 174 valence electrons. The number of aromatic nitrogens is 4. The molecule has 2 aliphatic rings. The van der Waals surface area contributed by atoms with Crippen LogP contribution in [-0.4, -0.2) is 63.0 Å². The summed E-state index contributed by atoms with van der Waals surface area (Å²) in [6.45, 7) is 7.18. The zero-order valence-corrected chi connectivity index (χ0v) is 19.9. The quantitative estimate of drug-likeness (QED) is 0.620. The fourth-order valence-corrected chi connectivity index (χ4v) is 5.11. The maximum absolute atomic E-state index is 10.1. The molecular formula is C25H33N7O. The van der Waals surface area contributed by atoms with E-state index in [0.717, 1.165) is 36.0 Å². The third-order valence-electron chi connectivity index (χ3n) is 7.19. The SMILES string of the molecule is Cc1cc(Nc2ncc3c(n2)N(c2ccn(C)n2)C[C@]3(C)CO)ccc1C1CCN(C)CC1. The summed E-state index contributed by atoms with van der Waals surface area (Å²) >= 11 is 0. The Labute approximate surface area is 195 Å². The Morgan fingerprint density at radius 2 is 1.97 bits per heavy atom. The minimum atomic E-state index is -0.433. The number of nitrogens with zero attached hydrogens (tertiary/aromatic N) is 6. The van der Waals surface area contributed by atoms with Crippen LogP contribution in [0.1, 0.15) is 42.4 Å². The van der Waals surface area contributed by atoms with E-state index in [9.17, 15) is 5.11 Å². The minimum Gasteiger partial charge on any atom is -0.395 e. The molecule has 0 radical (unpaired) electrons. The first-order chi connectivity index (χ1) is 15.9. The van der Waals surface area contributed by atoms with Crippen LogP contribution in [0, 0.1) is 6.92 Å². The van der Waals surface area contributed by atoms with Crippen LogP contribution in [0.5, 0.6) is 0 Å². The molecule has 4 heterocycles. The smallest absolute Gasteiger partial charge is 0.229 e. The van der Waals surface area contributed by atoms with Crippen molar-refractivity contribution < 1.29 is 5.11 Å². The minimum absolute atomic E-state index is 0.0249. The van der Waals surface area contributed by atoms with Gasteiger partial charge in [0.1, 0.15) is 5.82 Å². The lowest BCUT2D eigenvalue weighted by Crippen LogP contribution is -2.32. The molecule has 33 heavy (non-hydrogen) atoms. The molecule has 0 aliphatic carbocycles. The highest BCUT2D eigenvalue weighted by Gasteiger charge is 2.41. The molecule has 5 rings (SSSR count). The van der Waals surface area contributed by atoms with Gasteiger partial charge in [-0.2, -0.15) is 10.1 Å². The number of hydrogen-bond donors (Lipinski definition) is 2. The largest absolute Gasteiger partial charge is 0.395 e. The highest BCUT2D eigenvalue weighted by Crippen LogP contribution is 2.42. The van der Waals surface area contributed by atoms with Gasteiger partial charge < -0.3 is 20.2 Å². The van der Waals surface area contributed by atoms with Gasteiger partial charge in [-0.25, -0.2) is 4.98 Å². The van der Waals surface area contributed by atoms with Crippen LogP contribution in [-0.2, 0) is 12.5 Å². The molecule has 0 amide bonds. The third-order valence-corrected chi connectivity index (χ3v) is 7.19. The van der Waals surface area contributed by atoms with Crippen molar-refractivity contribution in [2.45, 2.75) is 38.0 Å². The summed E-state index contributed by atoms with van der Waals surface area (Å²) in [7, 11) is 4.10. The molecule has 0 unspecified atom stereocenters. The standard InChI is InChI=1S/C25H33N7O/c1-17-13-19(5-6-20(17)18-7-10-30(3)11-8-18)27-24-26-14-21-23(28-24)32(15-25(21,2)16-33)22-9-12-31(4)29-22/h5-6,9,12-14,18,33H,7-8,10-11,15-16H2,1-4H3,(H,26,27,28)/t25-/m1/s1. The Morgan fingerprint density at radius 1 is 1.18 bits per heavy atom. The summed E-state index contributed by atoms with van der Waals surface area (Å²) in [6, 6.07) is 8.54. The number of likely N-dealkylation sites (tertiary alicyclic amines) is 1. The molecule has 8 nitrogen and oxygen atoms in total. The summed E-state index contributed by atoms with van der Waals surface area (Å²) in [6.07, 6.45) is 6.18. The number of aryl methyl sites for hydroxylation is 2. The molecule has 2 aromatic heterocycles. The van der Waals surface area contributed by atoms with Gasteiger partial charge in [0.2, 0.25) is 5.95 Å². The lowest BCUT2D eigenvalue weighted by atomic mass is 9.87. The Hall–Kier alpha value is -2.97. The highest BCUT2D eigenvalue weighted by molar-refractivity contribution is 5.68. The van der Waals surface area contributed by atoms with Gasteiger partial charge >= 0.3 is 0 Å². The number of anilines is 4. The number of piperidine rings is 1. The Balaban J connectivity index is 1.40. The van der Waals surface area contributed by atoms with Crippen LogP contribution < -0.4 is 10.2 Å². The van der Waals surface area contributed by atoms with Crippen molar-refractivity contribution in [3.8, 4) is 0 Å². The molecule has 1 aromatic carbocycles. The number of nitrogens with one attached hydrogen (secondary N) is 1. The first-order valence-electron chi connectivity index (χ1n) is 11.7. The van der Waals surface area contributed by atoms with Crippen molar-refractivity contribution in [2.75, 3.05) is 43.5 Å². The van der Waals surface area contributed by atoms with Crippen molar-refractivity contribution in [3.63, 3.8) is 0 Å². The monoisotopic (exact) mass is 447 g/mol. The van der Waals surface area contributed by atoms with E-state index < -0.39 is 5.41 Å². The Bertz CT molecular complexity index is 1150. The third kappa shape index (κ3) is 4.09. The van der Waals surface area contributed by atoms with E-state index in [1.807, 2.05) is 32.4 Å². The van der Waals surface area contributed by atoms with Crippen LogP contribution in [0.4, 0.5) is 23.3 Å². The second kappa shape index (κ2) is 8.43. The van der Waals surface area contributed by atoms with Crippen LogP contribution in [0.15, 0.2) is 36.7 Å². The summed E-state index contributed by atoms with van der Waals surface area (Å²) in [4.78, 5) is 13.9. The van der Waals surface area contributed by atoms with Gasteiger partial charge in [-0.3, -0.25) is 4.68 Å². The number of rotatable bonds is 5. The highest BCUT2D eigenvalue weighted by atomic mass is 16.3. The van der Waals surface area contributed by atoms with Gasteiger partial charge in [-0.1, -0.05) is 13.0 Å². The number of fused-ring (bicyclic) bond motifs is 1. The molecule has 2 N–H and O–H groups in total. The van der Waals surface area contributed by atoms with Crippen molar-refractivity contribution in [1.29, 1.82) is 0 Å². The molecule has 8 heteroatoms. The Morgan fingerprint density at radius 3 is 2.64 bits per heavy atom. The fraction of sp³-hybridized carbons (Fsp3) is 0.480. The molecule has 1 saturated heterocycles. The van der Waals surface area contributed by atoms with Crippen molar-refractivity contribution in [2.24, 2.45) is 7.05 Å². The fourth-order valence-electron chi connectivity index (χ4n) is 5.11. The lowest BCUT2D eigenvalue weighted by Gasteiger charge is -2.30. The average molecular weight is 448 g/mol. The van der Waals surface area contributed by atoms with E-state index in [2.05, 4.69) is 57.4 Å². The lowest BCUT2D eigenvalue weighted by molar-refractivity contribution is 0.216. The maximum atomic E-state index is 10.1. The zero-order valence-electron chi connectivity index (χ0n) is 19.9. The number of aliphatic hydroxyl groups is 1. The van der Waals surface area contributed by atoms with Crippen molar-refractivity contribution in [3.05, 3.63) is 53.3 Å². The van der Waals surface area contributed by atoms with E-state index in [-0.39, 0.29) is 6.61 Å². The summed E-state index contributed by atoms with van der Waals surface area (Å²) in [5, 5.41) is 18.0. The van der Waals surface area contributed by atoms with Gasteiger partial charge in [0, 0.05) is 48.7 Å². The molecule has 0 saturated carbocycles. The number of hydrogen-bond acceptors (Lipinski definition) is 7. The maximum Gasteiger partial charge on any atom is 0.229 e. The zero-order chi connectivity index (χ0) is 23.2. The van der Waals surface area contributed by atoms with Gasteiger partial charge in [-0.15, -0.1) is 0 Å². The average Bonchev–Trinajstić information content (AvgIpc) is 3.36. The molecule has 0 spiro atoms. The first kappa shape index (κ1) is 21.9. The van der Waals surface area contributed by atoms with Gasteiger partial charge in [0.15, 0.2) is 5.82 Å². The van der Waals surface area contributed by atoms with E-state index in [0.29, 0.717) is 18.4 Å². The molecular weight excluding hydrogens is 414 g/mol. The topological polar surface area (TPSA) is 82.3 Å². The summed E-state index contributed by atoms with van der Waals surface area (Å²) in [5.41, 5.74) is 4.24. The molecule has 1 fully saturated rings.